The molecule has 0 amide bonds. The van der Waals surface area contributed by atoms with E-state index in [1.165, 1.54) is 19.3 Å². The Labute approximate surface area is 127 Å². The molecule has 0 heterocycles. The second-order valence-electron chi connectivity index (χ2n) is 7.14. The van der Waals surface area contributed by atoms with Gasteiger partial charge in [-0.2, -0.15) is 12.6 Å². The molecule has 0 aromatic rings. The zero-order valence-electron chi connectivity index (χ0n) is 12.5. The number of esters is 1. The molecule has 112 valence electrons. The molecule has 3 aliphatic rings. The smallest absolute Gasteiger partial charge is 0.334 e. The van der Waals surface area contributed by atoms with E-state index in [0.29, 0.717) is 17.2 Å². The van der Waals surface area contributed by atoms with Crippen LogP contribution in [-0.2, 0) is 9.53 Å². The highest BCUT2D eigenvalue weighted by atomic mass is 32.1. The van der Waals surface area contributed by atoms with Crippen LogP contribution in [0.2, 0.25) is 0 Å². The molecule has 7 atom stereocenters. The average Bonchev–Trinajstić information content (AvgIpc) is 3.09. The van der Waals surface area contributed by atoms with Crippen molar-refractivity contribution in [3.63, 3.8) is 0 Å². The van der Waals surface area contributed by atoms with Gasteiger partial charge in [0.1, 0.15) is 6.10 Å². The number of fused-ring (bicyclic) bond motifs is 5. The van der Waals surface area contributed by atoms with E-state index >= 15 is 0 Å². The molecular formula is C17H26O2S. The summed E-state index contributed by atoms with van der Waals surface area (Å²) >= 11 is 4.10. The van der Waals surface area contributed by atoms with Crippen molar-refractivity contribution in [2.75, 3.05) is 5.75 Å². The Bertz CT molecular complexity index is 419. The summed E-state index contributed by atoms with van der Waals surface area (Å²) in [5.41, 5.74) is 0.485. The van der Waals surface area contributed by atoms with E-state index in [-0.39, 0.29) is 12.1 Å². The second kappa shape index (κ2) is 5.40. The lowest BCUT2D eigenvalue weighted by atomic mass is 9.74. The van der Waals surface area contributed by atoms with Crippen molar-refractivity contribution in [2.24, 2.45) is 35.5 Å². The van der Waals surface area contributed by atoms with Crippen molar-refractivity contribution < 1.29 is 9.53 Å². The van der Waals surface area contributed by atoms with Gasteiger partial charge in [-0.15, -0.1) is 0 Å². The van der Waals surface area contributed by atoms with Gasteiger partial charge in [0.2, 0.25) is 0 Å². The fourth-order valence-electron chi connectivity index (χ4n) is 5.54. The molecule has 3 saturated carbocycles. The zero-order valence-corrected chi connectivity index (χ0v) is 13.4. The molecule has 2 nitrogen and oxygen atoms in total. The van der Waals surface area contributed by atoms with Gasteiger partial charge in [-0.1, -0.05) is 26.8 Å². The summed E-state index contributed by atoms with van der Waals surface area (Å²) < 4.78 is 5.74. The first-order chi connectivity index (χ1) is 9.56. The third-order valence-corrected chi connectivity index (χ3v) is 6.59. The lowest BCUT2D eigenvalue weighted by Gasteiger charge is -2.34. The van der Waals surface area contributed by atoms with Gasteiger partial charge in [0.05, 0.1) is 0 Å². The molecule has 0 saturated heterocycles. The third kappa shape index (κ3) is 2.13. The Balaban J connectivity index is 1.69. The number of hydrogen-bond donors (Lipinski definition) is 1. The van der Waals surface area contributed by atoms with Crippen LogP contribution in [0.4, 0.5) is 0 Å². The van der Waals surface area contributed by atoms with Crippen LogP contribution in [0.1, 0.15) is 39.5 Å². The van der Waals surface area contributed by atoms with Crippen molar-refractivity contribution in [1.82, 2.24) is 0 Å². The van der Waals surface area contributed by atoms with Gasteiger partial charge in [-0.25, -0.2) is 4.79 Å². The molecular weight excluding hydrogens is 268 g/mol. The minimum absolute atomic E-state index is 0.142. The lowest BCUT2D eigenvalue weighted by molar-refractivity contribution is -0.148. The molecule has 0 spiro atoms. The number of ether oxygens (including phenoxy) is 1. The van der Waals surface area contributed by atoms with E-state index < -0.39 is 0 Å². The number of carbonyl (C=O) groups is 1. The van der Waals surface area contributed by atoms with Crippen LogP contribution in [0.5, 0.6) is 0 Å². The van der Waals surface area contributed by atoms with Gasteiger partial charge in [0.15, 0.2) is 0 Å². The highest BCUT2D eigenvalue weighted by Crippen LogP contribution is 2.63. The van der Waals surface area contributed by atoms with Crippen LogP contribution in [0, 0.1) is 35.5 Å². The molecule has 20 heavy (non-hydrogen) atoms. The van der Waals surface area contributed by atoms with E-state index in [4.69, 9.17) is 4.74 Å². The normalized spacial score (nSPS) is 45.5. The first-order valence-electron chi connectivity index (χ1n) is 8.06. The molecule has 0 aliphatic heterocycles. The monoisotopic (exact) mass is 294 g/mol. The summed E-state index contributed by atoms with van der Waals surface area (Å²) in [6, 6.07) is 0. The van der Waals surface area contributed by atoms with Crippen molar-refractivity contribution in [2.45, 2.75) is 45.6 Å². The van der Waals surface area contributed by atoms with Crippen LogP contribution < -0.4 is 0 Å². The van der Waals surface area contributed by atoms with Crippen molar-refractivity contribution in [1.29, 1.82) is 0 Å². The van der Waals surface area contributed by atoms with Crippen molar-refractivity contribution in [3.8, 4) is 0 Å². The highest BCUT2D eigenvalue weighted by molar-refractivity contribution is 7.80. The Morgan fingerprint density at radius 1 is 1.30 bits per heavy atom. The van der Waals surface area contributed by atoms with E-state index in [9.17, 15) is 4.79 Å². The predicted octanol–water partition coefficient (Wildman–Crippen LogP) is 3.72. The van der Waals surface area contributed by atoms with Gasteiger partial charge in [-0.05, 0) is 54.8 Å². The number of thiol groups is 1. The molecule has 0 aromatic heterocycles. The zero-order chi connectivity index (χ0) is 14.4. The molecule has 3 aliphatic carbocycles. The quantitative estimate of drug-likeness (QED) is 0.486. The van der Waals surface area contributed by atoms with Gasteiger partial charge < -0.3 is 4.74 Å². The summed E-state index contributed by atoms with van der Waals surface area (Å²) in [6.07, 6.45) is 5.20. The minimum Gasteiger partial charge on any atom is -0.459 e. The van der Waals surface area contributed by atoms with Gasteiger partial charge in [0.25, 0.3) is 0 Å². The van der Waals surface area contributed by atoms with Gasteiger partial charge >= 0.3 is 5.97 Å². The molecule has 0 N–H and O–H groups in total. The topological polar surface area (TPSA) is 26.3 Å². The largest absolute Gasteiger partial charge is 0.459 e. The third-order valence-electron chi connectivity index (χ3n) is 6.21. The second-order valence-corrected chi connectivity index (χ2v) is 7.45. The molecule has 7 unspecified atom stereocenters. The summed E-state index contributed by atoms with van der Waals surface area (Å²) in [7, 11) is 0. The van der Waals surface area contributed by atoms with Crippen LogP contribution in [-0.4, -0.2) is 17.8 Å². The first-order valence-corrected chi connectivity index (χ1v) is 8.69. The van der Waals surface area contributed by atoms with E-state index in [0.717, 1.165) is 36.0 Å². The average molecular weight is 294 g/mol. The summed E-state index contributed by atoms with van der Waals surface area (Å²) in [6.45, 7) is 8.47. The molecule has 3 rings (SSSR count). The predicted molar refractivity (Wildman–Crippen MR) is 83.6 cm³/mol. The minimum atomic E-state index is -0.230. The number of carbonyl (C=O) groups excluding carboxylic acids is 1. The van der Waals surface area contributed by atoms with Gasteiger partial charge in [-0.3, -0.25) is 0 Å². The summed E-state index contributed by atoms with van der Waals surface area (Å²) in [4.78, 5) is 11.9. The number of rotatable bonds is 4. The van der Waals surface area contributed by atoms with Crippen molar-refractivity contribution in [3.05, 3.63) is 12.2 Å². The van der Waals surface area contributed by atoms with E-state index in [1.54, 1.807) is 0 Å². The van der Waals surface area contributed by atoms with Crippen LogP contribution in [0.3, 0.4) is 0 Å². The van der Waals surface area contributed by atoms with Crippen LogP contribution in [0.15, 0.2) is 12.2 Å². The Kier molecular flexibility index (Phi) is 3.91. The Hall–Kier alpha value is -0.440. The molecule has 3 heteroatoms. The highest BCUT2D eigenvalue weighted by Gasteiger charge is 2.60. The first kappa shape index (κ1) is 14.5. The number of hydrogen-bond acceptors (Lipinski definition) is 3. The fraction of sp³-hybridized carbons (Fsp3) is 0.824. The molecule has 2 bridgehead atoms. The maximum atomic E-state index is 11.9. The summed E-state index contributed by atoms with van der Waals surface area (Å²) in [5.74, 6) is 4.97. The molecule has 0 aromatic carbocycles. The van der Waals surface area contributed by atoms with Gasteiger partial charge in [0, 0.05) is 11.3 Å². The fourth-order valence-corrected chi connectivity index (χ4v) is 5.67. The van der Waals surface area contributed by atoms with Crippen LogP contribution in [0.25, 0.3) is 0 Å². The summed E-state index contributed by atoms with van der Waals surface area (Å²) in [5, 5.41) is 0. The SMILES string of the molecule is C=C(CS)C(=O)OC1CC2CC1C1C(C)CC(CC)C21. The Morgan fingerprint density at radius 2 is 2.05 bits per heavy atom. The van der Waals surface area contributed by atoms with Crippen molar-refractivity contribution >= 4 is 18.6 Å². The van der Waals surface area contributed by atoms with Crippen LogP contribution >= 0.6 is 12.6 Å². The maximum absolute atomic E-state index is 11.9. The lowest BCUT2D eigenvalue weighted by Crippen LogP contribution is -2.35. The van der Waals surface area contributed by atoms with E-state index in [1.807, 2.05) is 0 Å². The Morgan fingerprint density at radius 3 is 2.70 bits per heavy atom. The maximum Gasteiger partial charge on any atom is 0.334 e. The standard InChI is InChI=1S/C17H26O2S/c1-4-11-5-9(2)15-13-6-12(16(11)15)7-14(13)19-17(18)10(3)8-20/h9,11-16,20H,3-8H2,1-2H3. The van der Waals surface area contributed by atoms with E-state index in [2.05, 4.69) is 33.1 Å². The molecule has 3 fully saturated rings. The molecule has 0 radical (unpaired) electrons.